The number of carbonyl (C=O) groups is 1. The molecular weight excluding hydrogens is 274 g/mol. The summed E-state index contributed by atoms with van der Waals surface area (Å²) in [7, 11) is 0. The molecule has 20 heavy (non-hydrogen) atoms. The SMILES string of the molecule is CC1CCC(CNC(=O)c2nc(C(C)C)ncc2Cl)C1. The first-order valence-corrected chi connectivity index (χ1v) is 7.65. The van der Waals surface area contributed by atoms with E-state index >= 15 is 0 Å². The van der Waals surface area contributed by atoms with Crippen LogP contribution >= 0.6 is 11.6 Å². The molecule has 0 aromatic carbocycles. The highest BCUT2D eigenvalue weighted by atomic mass is 35.5. The van der Waals surface area contributed by atoms with Crippen molar-refractivity contribution in [1.29, 1.82) is 0 Å². The number of aromatic nitrogens is 2. The highest BCUT2D eigenvalue weighted by molar-refractivity contribution is 6.33. The molecule has 4 nitrogen and oxygen atoms in total. The topological polar surface area (TPSA) is 54.9 Å². The molecule has 1 N–H and O–H groups in total. The fourth-order valence-electron chi connectivity index (χ4n) is 2.65. The van der Waals surface area contributed by atoms with E-state index in [1.54, 1.807) is 0 Å². The average Bonchev–Trinajstić information content (AvgIpc) is 2.82. The maximum atomic E-state index is 12.2. The number of nitrogens with zero attached hydrogens (tertiary/aromatic N) is 2. The molecule has 1 aliphatic carbocycles. The Bertz CT molecular complexity index is 490. The van der Waals surface area contributed by atoms with Crippen LogP contribution in [0.1, 0.15) is 62.3 Å². The molecule has 0 radical (unpaired) electrons. The summed E-state index contributed by atoms with van der Waals surface area (Å²) >= 11 is 6.03. The van der Waals surface area contributed by atoms with Gasteiger partial charge in [-0.1, -0.05) is 38.8 Å². The van der Waals surface area contributed by atoms with E-state index in [1.165, 1.54) is 25.5 Å². The standard InChI is InChI=1S/C15H22ClN3O/c1-9(2)14-17-8-12(16)13(19-14)15(20)18-7-11-5-4-10(3)6-11/h8-11H,4-7H2,1-3H3,(H,18,20). The van der Waals surface area contributed by atoms with E-state index in [1.807, 2.05) is 13.8 Å². The summed E-state index contributed by atoms with van der Waals surface area (Å²) in [5.74, 6) is 1.98. The molecule has 110 valence electrons. The van der Waals surface area contributed by atoms with Gasteiger partial charge in [0.2, 0.25) is 0 Å². The number of hydrogen-bond acceptors (Lipinski definition) is 3. The highest BCUT2D eigenvalue weighted by Crippen LogP contribution is 2.29. The molecule has 1 saturated carbocycles. The molecule has 2 unspecified atom stereocenters. The van der Waals surface area contributed by atoms with Crippen LogP contribution in [-0.4, -0.2) is 22.4 Å². The van der Waals surface area contributed by atoms with Gasteiger partial charge < -0.3 is 5.32 Å². The Labute approximate surface area is 125 Å². The number of hydrogen-bond donors (Lipinski definition) is 1. The first-order chi connectivity index (χ1) is 9.47. The number of carbonyl (C=O) groups excluding carboxylic acids is 1. The lowest BCUT2D eigenvalue weighted by atomic mass is 10.1. The molecule has 2 rings (SSSR count). The van der Waals surface area contributed by atoms with Crippen LogP contribution in [-0.2, 0) is 0 Å². The Morgan fingerprint density at radius 3 is 2.85 bits per heavy atom. The van der Waals surface area contributed by atoms with E-state index in [0.717, 1.165) is 5.92 Å². The largest absolute Gasteiger partial charge is 0.350 e. The molecule has 2 atom stereocenters. The van der Waals surface area contributed by atoms with Crippen LogP contribution in [0.15, 0.2) is 6.20 Å². The molecule has 0 bridgehead atoms. The maximum Gasteiger partial charge on any atom is 0.271 e. The Morgan fingerprint density at radius 2 is 2.25 bits per heavy atom. The fourth-order valence-corrected chi connectivity index (χ4v) is 2.83. The maximum absolute atomic E-state index is 12.2. The van der Waals surface area contributed by atoms with Crippen molar-refractivity contribution in [1.82, 2.24) is 15.3 Å². The molecule has 1 amide bonds. The number of rotatable bonds is 4. The highest BCUT2D eigenvalue weighted by Gasteiger charge is 2.22. The smallest absolute Gasteiger partial charge is 0.271 e. The fraction of sp³-hybridized carbons (Fsp3) is 0.667. The van der Waals surface area contributed by atoms with Gasteiger partial charge in [0.1, 0.15) is 11.5 Å². The summed E-state index contributed by atoms with van der Waals surface area (Å²) in [5.41, 5.74) is 0.288. The molecule has 1 aromatic rings. The predicted molar refractivity (Wildman–Crippen MR) is 80.0 cm³/mol. The number of amides is 1. The quantitative estimate of drug-likeness (QED) is 0.926. The van der Waals surface area contributed by atoms with Crippen molar-refractivity contribution in [2.24, 2.45) is 11.8 Å². The van der Waals surface area contributed by atoms with Gasteiger partial charge in [-0.25, -0.2) is 9.97 Å². The van der Waals surface area contributed by atoms with Crippen molar-refractivity contribution >= 4 is 17.5 Å². The summed E-state index contributed by atoms with van der Waals surface area (Å²) in [5, 5.41) is 3.27. The van der Waals surface area contributed by atoms with Crippen molar-refractivity contribution in [2.75, 3.05) is 6.54 Å². The first-order valence-electron chi connectivity index (χ1n) is 7.28. The number of halogens is 1. The lowest BCUT2D eigenvalue weighted by Crippen LogP contribution is -2.29. The zero-order valence-electron chi connectivity index (χ0n) is 12.3. The monoisotopic (exact) mass is 295 g/mol. The van der Waals surface area contributed by atoms with Crippen molar-refractivity contribution < 1.29 is 4.79 Å². The van der Waals surface area contributed by atoms with E-state index in [9.17, 15) is 4.79 Å². The lowest BCUT2D eigenvalue weighted by molar-refractivity contribution is 0.0941. The van der Waals surface area contributed by atoms with E-state index in [4.69, 9.17) is 11.6 Å². The second-order valence-corrected chi connectivity index (χ2v) is 6.48. The normalized spacial score (nSPS) is 22.2. The predicted octanol–water partition coefficient (Wildman–Crippen LogP) is 3.42. The third kappa shape index (κ3) is 3.69. The van der Waals surface area contributed by atoms with Gasteiger partial charge in [0.15, 0.2) is 0 Å². The van der Waals surface area contributed by atoms with Gasteiger partial charge in [-0.2, -0.15) is 0 Å². The van der Waals surface area contributed by atoms with Gasteiger partial charge in [-0.15, -0.1) is 0 Å². The zero-order chi connectivity index (χ0) is 14.7. The molecule has 5 heteroatoms. The Hall–Kier alpha value is -1.16. The second kappa shape index (κ2) is 6.53. The summed E-state index contributed by atoms with van der Waals surface area (Å²) in [6.45, 7) is 6.95. The summed E-state index contributed by atoms with van der Waals surface area (Å²) in [6, 6.07) is 0. The van der Waals surface area contributed by atoms with E-state index < -0.39 is 0 Å². The molecule has 1 aromatic heterocycles. The molecular formula is C15H22ClN3O. The minimum Gasteiger partial charge on any atom is -0.350 e. The van der Waals surface area contributed by atoms with Crippen molar-refractivity contribution in [3.05, 3.63) is 22.7 Å². The molecule has 0 saturated heterocycles. The van der Waals surface area contributed by atoms with E-state index in [2.05, 4.69) is 22.2 Å². The Balaban J connectivity index is 1.99. The van der Waals surface area contributed by atoms with Crippen LogP contribution in [0.4, 0.5) is 0 Å². The van der Waals surface area contributed by atoms with Crippen LogP contribution in [0, 0.1) is 11.8 Å². The third-order valence-electron chi connectivity index (χ3n) is 3.85. The van der Waals surface area contributed by atoms with Crippen LogP contribution in [0.25, 0.3) is 0 Å². The van der Waals surface area contributed by atoms with Gasteiger partial charge >= 0.3 is 0 Å². The van der Waals surface area contributed by atoms with E-state index in [0.29, 0.717) is 23.3 Å². The molecule has 1 aliphatic rings. The van der Waals surface area contributed by atoms with Crippen molar-refractivity contribution in [3.8, 4) is 0 Å². The summed E-state index contributed by atoms with van der Waals surface area (Å²) in [4.78, 5) is 20.6. The molecule has 0 spiro atoms. The van der Waals surface area contributed by atoms with Gasteiger partial charge in [0.05, 0.1) is 11.2 Å². The first kappa shape index (κ1) is 15.2. The van der Waals surface area contributed by atoms with Gasteiger partial charge in [0, 0.05) is 12.5 Å². The van der Waals surface area contributed by atoms with Gasteiger partial charge in [-0.05, 0) is 24.7 Å². The van der Waals surface area contributed by atoms with Crippen molar-refractivity contribution in [3.63, 3.8) is 0 Å². The van der Waals surface area contributed by atoms with Gasteiger partial charge in [0.25, 0.3) is 5.91 Å². The summed E-state index contributed by atoms with van der Waals surface area (Å²) < 4.78 is 0. The third-order valence-corrected chi connectivity index (χ3v) is 4.13. The Morgan fingerprint density at radius 1 is 1.50 bits per heavy atom. The molecule has 1 heterocycles. The zero-order valence-corrected chi connectivity index (χ0v) is 13.1. The van der Waals surface area contributed by atoms with Gasteiger partial charge in [-0.3, -0.25) is 4.79 Å². The van der Waals surface area contributed by atoms with Crippen LogP contribution < -0.4 is 5.32 Å². The van der Waals surface area contributed by atoms with Crippen molar-refractivity contribution in [2.45, 2.75) is 46.0 Å². The molecule has 0 aliphatic heterocycles. The minimum absolute atomic E-state index is 0.175. The van der Waals surface area contributed by atoms with Crippen LogP contribution in [0.3, 0.4) is 0 Å². The molecule has 1 fully saturated rings. The van der Waals surface area contributed by atoms with Crippen LogP contribution in [0.2, 0.25) is 5.02 Å². The minimum atomic E-state index is -0.196. The lowest BCUT2D eigenvalue weighted by Gasteiger charge is -2.12. The number of nitrogens with one attached hydrogen (secondary N) is 1. The van der Waals surface area contributed by atoms with E-state index in [-0.39, 0.29) is 17.5 Å². The Kier molecular flexibility index (Phi) is 4.97. The average molecular weight is 296 g/mol. The second-order valence-electron chi connectivity index (χ2n) is 6.07. The summed E-state index contributed by atoms with van der Waals surface area (Å²) in [6.07, 6.45) is 5.15. The van der Waals surface area contributed by atoms with Crippen LogP contribution in [0.5, 0.6) is 0 Å².